The van der Waals surface area contributed by atoms with Gasteiger partial charge in [-0.05, 0) is 11.5 Å². The van der Waals surface area contributed by atoms with Gasteiger partial charge < -0.3 is 5.11 Å². The number of amides is 1. The number of carbonyl (C=O) groups is 2. The van der Waals surface area contributed by atoms with Crippen LogP contribution in [0.25, 0.3) is 0 Å². The molecular formula is C13H15NO4. The second kappa shape index (κ2) is 5.64. The highest BCUT2D eigenvalue weighted by Crippen LogP contribution is 2.21. The number of carboxylic acids is 1. The Balaban J connectivity index is 1.83. The van der Waals surface area contributed by atoms with E-state index >= 15 is 0 Å². The maximum Gasteiger partial charge on any atom is 0.303 e. The highest BCUT2D eigenvalue weighted by atomic mass is 16.7. The molecule has 1 atom stereocenters. The molecule has 1 saturated heterocycles. The van der Waals surface area contributed by atoms with Gasteiger partial charge in [0.05, 0.1) is 13.0 Å². The molecule has 0 aromatic heterocycles. The predicted octanol–water partition coefficient (Wildman–Crippen LogP) is 1.44. The van der Waals surface area contributed by atoms with Crippen molar-refractivity contribution < 1.29 is 19.5 Å². The molecule has 1 aromatic rings. The highest BCUT2D eigenvalue weighted by Gasteiger charge is 2.31. The summed E-state index contributed by atoms with van der Waals surface area (Å²) in [7, 11) is 0. The van der Waals surface area contributed by atoms with Crippen molar-refractivity contribution in [1.29, 1.82) is 0 Å². The van der Waals surface area contributed by atoms with E-state index in [0.29, 0.717) is 13.2 Å². The Labute approximate surface area is 105 Å². The molecule has 0 saturated carbocycles. The molecule has 0 bridgehead atoms. The van der Waals surface area contributed by atoms with Gasteiger partial charge in [-0.15, -0.1) is 0 Å². The number of aliphatic carboxylic acids is 1. The summed E-state index contributed by atoms with van der Waals surface area (Å²) >= 11 is 0. The molecule has 1 heterocycles. The summed E-state index contributed by atoms with van der Waals surface area (Å²) in [4.78, 5) is 27.6. The van der Waals surface area contributed by atoms with Crippen molar-refractivity contribution in [3.05, 3.63) is 35.9 Å². The number of carboxylic acid groups (broad SMARTS) is 1. The van der Waals surface area contributed by atoms with Gasteiger partial charge in [-0.1, -0.05) is 30.3 Å². The summed E-state index contributed by atoms with van der Waals surface area (Å²) in [5, 5.41) is 9.96. The number of hydrogen-bond donors (Lipinski definition) is 1. The SMILES string of the molecule is O=C(O)C[C@H]1CC(=O)N(OCc2ccccc2)C1. The topological polar surface area (TPSA) is 66.8 Å². The van der Waals surface area contributed by atoms with E-state index in [-0.39, 0.29) is 24.7 Å². The molecule has 1 fully saturated rings. The zero-order chi connectivity index (χ0) is 13.0. The van der Waals surface area contributed by atoms with Gasteiger partial charge in [0, 0.05) is 6.42 Å². The second-order valence-electron chi connectivity index (χ2n) is 4.38. The number of carbonyl (C=O) groups excluding carboxylic acids is 1. The average molecular weight is 249 g/mol. The standard InChI is InChI=1S/C13H15NO4/c15-12-6-11(7-13(16)17)8-14(12)18-9-10-4-2-1-3-5-10/h1-5,11H,6-9H2,(H,16,17)/t11-/m1/s1. The summed E-state index contributed by atoms with van der Waals surface area (Å²) < 4.78 is 0. The molecule has 1 aliphatic heterocycles. The third kappa shape index (κ3) is 3.30. The quantitative estimate of drug-likeness (QED) is 0.857. The van der Waals surface area contributed by atoms with Crippen LogP contribution in [0.1, 0.15) is 18.4 Å². The van der Waals surface area contributed by atoms with Gasteiger partial charge in [-0.25, -0.2) is 5.06 Å². The Morgan fingerprint density at radius 2 is 2.11 bits per heavy atom. The highest BCUT2D eigenvalue weighted by molar-refractivity contribution is 5.78. The Hall–Kier alpha value is -1.88. The van der Waals surface area contributed by atoms with Crippen LogP contribution in [0.3, 0.4) is 0 Å². The van der Waals surface area contributed by atoms with Crippen LogP contribution >= 0.6 is 0 Å². The van der Waals surface area contributed by atoms with E-state index in [9.17, 15) is 9.59 Å². The maximum absolute atomic E-state index is 11.6. The minimum Gasteiger partial charge on any atom is -0.481 e. The minimum absolute atomic E-state index is 0.0109. The molecule has 2 rings (SSSR count). The van der Waals surface area contributed by atoms with Gasteiger partial charge in [-0.2, -0.15) is 0 Å². The zero-order valence-corrected chi connectivity index (χ0v) is 9.91. The first-order valence-electron chi connectivity index (χ1n) is 5.84. The van der Waals surface area contributed by atoms with E-state index in [1.165, 1.54) is 5.06 Å². The minimum atomic E-state index is -0.877. The number of hydrogen-bond acceptors (Lipinski definition) is 3. The van der Waals surface area contributed by atoms with Gasteiger partial charge in [0.25, 0.3) is 0 Å². The van der Waals surface area contributed by atoms with Crippen LogP contribution in [-0.2, 0) is 21.0 Å². The Morgan fingerprint density at radius 3 is 2.78 bits per heavy atom. The van der Waals surface area contributed by atoms with Crippen LogP contribution in [-0.4, -0.2) is 28.6 Å². The predicted molar refractivity (Wildman–Crippen MR) is 63.3 cm³/mol. The van der Waals surface area contributed by atoms with Crippen molar-refractivity contribution >= 4 is 11.9 Å². The molecule has 5 heteroatoms. The molecule has 18 heavy (non-hydrogen) atoms. The van der Waals surface area contributed by atoms with E-state index in [4.69, 9.17) is 9.94 Å². The first-order valence-corrected chi connectivity index (χ1v) is 5.84. The van der Waals surface area contributed by atoms with Gasteiger partial charge in [0.15, 0.2) is 0 Å². The lowest BCUT2D eigenvalue weighted by Gasteiger charge is -2.15. The lowest BCUT2D eigenvalue weighted by Crippen LogP contribution is -2.25. The largest absolute Gasteiger partial charge is 0.481 e. The number of benzene rings is 1. The summed E-state index contributed by atoms with van der Waals surface area (Å²) in [6.45, 7) is 0.685. The summed E-state index contributed by atoms with van der Waals surface area (Å²) in [6, 6.07) is 9.54. The van der Waals surface area contributed by atoms with E-state index in [2.05, 4.69) is 0 Å². The molecule has 1 amide bonds. The van der Waals surface area contributed by atoms with Gasteiger partial charge in [0.2, 0.25) is 5.91 Å². The van der Waals surface area contributed by atoms with Gasteiger partial charge in [-0.3, -0.25) is 14.4 Å². The molecule has 1 N–H and O–H groups in total. The normalized spacial score (nSPS) is 19.2. The fourth-order valence-corrected chi connectivity index (χ4v) is 1.98. The first kappa shape index (κ1) is 12.6. The van der Waals surface area contributed by atoms with Crippen LogP contribution in [0, 0.1) is 5.92 Å². The van der Waals surface area contributed by atoms with E-state index in [0.717, 1.165) is 5.56 Å². The van der Waals surface area contributed by atoms with Crippen molar-refractivity contribution in [3.63, 3.8) is 0 Å². The van der Waals surface area contributed by atoms with Crippen molar-refractivity contribution in [3.8, 4) is 0 Å². The van der Waals surface area contributed by atoms with Crippen LogP contribution in [0.5, 0.6) is 0 Å². The molecule has 0 spiro atoms. The lowest BCUT2D eigenvalue weighted by molar-refractivity contribution is -0.183. The summed E-state index contributed by atoms with van der Waals surface area (Å²) in [5.74, 6) is -1.17. The zero-order valence-electron chi connectivity index (χ0n) is 9.91. The molecule has 0 unspecified atom stereocenters. The summed E-state index contributed by atoms with van der Waals surface area (Å²) in [6.07, 6.45) is 0.262. The molecule has 0 radical (unpaired) electrons. The number of hydroxylamine groups is 2. The third-order valence-electron chi connectivity index (χ3n) is 2.86. The Bertz CT molecular complexity index is 432. The first-order chi connectivity index (χ1) is 8.65. The molecule has 96 valence electrons. The number of nitrogens with zero attached hydrogens (tertiary/aromatic N) is 1. The molecule has 5 nitrogen and oxygen atoms in total. The lowest BCUT2D eigenvalue weighted by atomic mass is 10.1. The van der Waals surface area contributed by atoms with Crippen molar-refractivity contribution in [2.24, 2.45) is 5.92 Å². The van der Waals surface area contributed by atoms with E-state index in [1.54, 1.807) is 0 Å². The van der Waals surface area contributed by atoms with Crippen molar-refractivity contribution in [2.45, 2.75) is 19.4 Å². The maximum atomic E-state index is 11.6. The second-order valence-corrected chi connectivity index (χ2v) is 4.38. The molecule has 1 aliphatic rings. The fraction of sp³-hybridized carbons (Fsp3) is 0.385. The van der Waals surface area contributed by atoms with E-state index in [1.807, 2.05) is 30.3 Å². The van der Waals surface area contributed by atoms with Crippen LogP contribution in [0.15, 0.2) is 30.3 Å². The Morgan fingerprint density at radius 1 is 1.39 bits per heavy atom. The summed E-state index contributed by atoms with van der Waals surface area (Å²) in [5.41, 5.74) is 0.979. The van der Waals surface area contributed by atoms with Crippen LogP contribution in [0.4, 0.5) is 0 Å². The monoisotopic (exact) mass is 249 g/mol. The third-order valence-corrected chi connectivity index (χ3v) is 2.86. The molecule has 1 aromatic carbocycles. The van der Waals surface area contributed by atoms with Crippen LogP contribution in [0.2, 0.25) is 0 Å². The average Bonchev–Trinajstić information content (AvgIpc) is 2.67. The fourth-order valence-electron chi connectivity index (χ4n) is 1.98. The number of rotatable bonds is 5. The van der Waals surface area contributed by atoms with Crippen molar-refractivity contribution in [1.82, 2.24) is 5.06 Å². The molecular weight excluding hydrogens is 234 g/mol. The molecule has 0 aliphatic carbocycles. The smallest absolute Gasteiger partial charge is 0.303 e. The Kier molecular flexibility index (Phi) is 3.94. The van der Waals surface area contributed by atoms with E-state index < -0.39 is 5.97 Å². The van der Waals surface area contributed by atoms with Gasteiger partial charge in [0.1, 0.15) is 6.61 Å². The van der Waals surface area contributed by atoms with Crippen LogP contribution < -0.4 is 0 Å². The van der Waals surface area contributed by atoms with Gasteiger partial charge >= 0.3 is 5.97 Å². The van der Waals surface area contributed by atoms with Crippen molar-refractivity contribution in [2.75, 3.05) is 6.54 Å².